The molecule has 3 aromatic carbocycles. The molecular weight excluding hydrogens is 406 g/mol. The average molecular weight is 442 g/mol. The van der Waals surface area contributed by atoms with Crippen molar-refractivity contribution in [1.29, 1.82) is 0 Å². The van der Waals surface area contributed by atoms with Gasteiger partial charge in [0.25, 0.3) is 0 Å². The average Bonchev–Trinajstić information content (AvgIpc) is 3.13. The van der Waals surface area contributed by atoms with Crippen LogP contribution in [0.5, 0.6) is 11.5 Å². The molecule has 0 atom stereocenters. The summed E-state index contributed by atoms with van der Waals surface area (Å²) in [6.07, 6.45) is 5.77. The van der Waals surface area contributed by atoms with Crippen molar-refractivity contribution in [2.75, 3.05) is 34.4 Å². The molecule has 0 unspecified atom stereocenters. The number of allylic oxidation sites excluding steroid dienone is 1. The molecule has 0 spiro atoms. The summed E-state index contributed by atoms with van der Waals surface area (Å²) in [6.45, 7) is 6.56. The van der Waals surface area contributed by atoms with Crippen LogP contribution in [0.15, 0.2) is 78.9 Å². The summed E-state index contributed by atoms with van der Waals surface area (Å²) in [5, 5.41) is 0. The van der Waals surface area contributed by atoms with E-state index in [0.717, 1.165) is 31.0 Å². The maximum Gasteiger partial charge on any atom is 0.160 e. The topological polar surface area (TPSA) is 21.7 Å². The van der Waals surface area contributed by atoms with Crippen LogP contribution in [0.1, 0.15) is 30.5 Å². The highest BCUT2D eigenvalue weighted by atomic mass is 16.5. The number of hydrogen-bond acceptors (Lipinski definition) is 3. The minimum atomic E-state index is -0.0859. The Balaban J connectivity index is 1.50. The normalized spacial score (nSPS) is 14.0. The Hall–Kier alpha value is -3.04. The lowest BCUT2D eigenvalue weighted by Crippen LogP contribution is -2.30. The first-order valence-corrected chi connectivity index (χ1v) is 11.8. The fourth-order valence-corrected chi connectivity index (χ4v) is 5.16. The second-order valence-electron chi connectivity index (χ2n) is 9.22. The Bertz CT molecular complexity index is 1090. The fraction of sp³-hybridized carbons (Fsp3) is 0.333. The van der Waals surface area contributed by atoms with Gasteiger partial charge in [-0.2, -0.15) is 0 Å². The van der Waals surface area contributed by atoms with Crippen molar-refractivity contribution in [2.24, 2.45) is 5.92 Å². The van der Waals surface area contributed by atoms with E-state index in [4.69, 9.17) is 9.47 Å². The van der Waals surface area contributed by atoms with Crippen molar-refractivity contribution in [3.05, 3.63) is 95.6 Å². The molecule has 0 radical (unpaired) electrons. The molecule has 0 bridgehead atoms. The van der Waals surface area contributed by atoms with Crippen LogP contribution < -0.4 is 9.47 Å². The summed E-state index contributed by atoms with van der Waals surface area (Å²) in [6, 6.07) is 24.0. The van der Waals surface area contributed by atoms with Crippen molar-refractivity contribution in [3.63, 3.8) is 0 Å². The predicted octanol–water partition coefficient (Wildman–Crippen LogP) is 6.36. The molecule has 0 aliphatic heterocycles. The Morgan fingerprint density at radius 3 is 2.03 bits per heavy atom. The lowest BCUT2D eigenvalue weighted by molar-refractivity contribution is 0.353. The van der Waals surface area contributed by atoms with Gasteiger partial charge in [-0.15, -0.1) is 0 Å². The van der Waals surface area contributed by atoms with E-state index < -0.39 is 0 Å². The summed E-state index contributed by atoms with van der Waals surface area (Å²) in [5.74, 6) is 2.01. The highest BCUT2D eigenvalue weighted by molar-refractivity contribution is 5.82. The van der Waals surface area contributed by atoms with E-state index in [-0.39, 0.29) is 5.41 Å². The van der Waals surface area contributed by atoms with Crippen LogP contribution >= 0.6 is 0 Å². The van der Waals surface area contributed by atoms with E-state index >= 15 is 0 Å². The SMILES string of the molecule is COc1ccc(CCN(C)C/C=C/C2(C(C)C)c3ccccc3-c3ccccc32)cc1OC. The number of nitrogens with zero attached hydrogens (tertiary/aromatic N) is 1. The van der Waals surface area contributed by atoms with E-state index in [2.05, 4.69) is 98.6 Å². The first-order chi connectivity index (χ1) is 16.0. The lowest BCUT2D eigenvalue weighted by atomic mass is 9.69. The summed E-state index contributed by atoms with van der Waals surface area (Å²) < 4.78 is 10.8. The third-order valence-electron chi connectivity index (χ3n) is 6.97. The maximum absolute atomic E-state index is 5.45. The smallest absolute Gasteiger partial charge is 0.160 e. The second-order valence-corrected chi connectivity index (χ2v) is 9.22. The Morgan fingerprint density at radius 2 is 1.45 bits per heavy atom. The quantitative estimate of drug-likeness (QED) is 0.361. The molecule has 3 aromatic rings. The van der Waals surface area contributed by atoms with Crippen LogP contribution in [0.4, 0.5) is 0 Å². The van der Waals surface area contributed by atoms with Gasteiger partial charge >= 0.3 is 0 Å². The lowest BCUT2D eigenvalue weighted by Gasteiger charge is -2.33. The van der Waals surface area contributed by atoms with Crippen LogP contribution in [-0.2, 0) is 11.8 Å². The van der Waals surface area contributed by atoms with Crippen molar-refractivity contribution in [1.82, 2.24) is 4.90 Å². The first-order valence-electron chi connectivity index (χ1n) is 11.8. The predicted molar refractivity (Wildman–Crippen MR) is 137 cm³/mol. The van der Waals surface area contributed by atoms with Crippen LogP contribution in [0.2, 0.25) is 0 Å². The number of benzene rings is 3. The summed E-state index contributed by atoms with van der Waals surface area (Å²) >= 11 is 0. The van der Waals surface area contributed by atoms with E-state index in [1.807, 2.05) is 6.07 Å². The molecule has 3 heteroatoms. The van der Waals surface area contributed by atoms with Gasteiger partial charge < -0.3 is 14.4 Å². The van der Waals surface area contributed by atoms with Crippen LogP contribution in [0.25, 0.3) is 11.1 Å². The van der Waals surface area contributed by atoms with Crippen LogP contribution in [0.3, 0.4) is 0 Å². The number of ether oxygens (including phenoxy) is 2. The van der Waals surface area contributed by atoms with E-state index in [1.54, 1.807) is 14.2 Å². The van der Waals surface area contributed by atoms with Crippen molar-refractivity contribution < 1.29 is 9.47 Å². The summed E-state index contributed by atoms with van der Waals surface area (Å²) in [7, 11) is 5.54. The number of rotatable bonds is 9. The zero-order valence-corrected chi connectivity index (χ0v) is 20.5. The van der Waals surface area contributed by atoms with Gasteiger partial charge in [-0.1, -0.05) is 80.6 Å². The number of likely N-dealkylation sites (N-methyl/N-ethyl adjacent to an activating group) is 1. The third kappa shape index (κ3) is 4.30. The number of methoxy groups -OCH3 is 2. The van der Waals surface area contributed by atoms with Crippen LogP contribution in [0, 0.1) is 5.92 Å². The zero-order valence-electron chi connectivity index (χ0n) is 20.5. The number of fused-ring (bicyclic) bond motifs is 3. The van der Waals surface area contributed by atoms with Gasteiger partial charge in [0.2, 0.25) is 0 Å². The third-order valence-corrected chi connectivity index (χ3v) is 6.97. The van der Waals surface area contributed by atoms with E-state index in [1.165, 1.54) is 27.8 Å². The van der Waals surface area contributed by atoms with Gasteiger partial charge in [0.05, 0.1) is 14.2 Å². The van der Waals surface area contributed by atoms with Gasteiger partial charge in [-0.3, -0.25) is 0 Å². The van der Waals surface area contributed by atoms with Gasteiger partial charge in [-0.05, 0) is 59.3 Å². The minimum absolute atomic E-state index is 0.0859. The zero-order chi connectivity index (χ0) is 23.4. The molecule has 3 nitrogen and oxygen atoms in total. The molecule has 0 heterocycles. The molecule has 0 fully saturated rings. The molecule has 0 saturated heterocycles. The molecule has 0 aromatic heterocycles. The summed E-state index contributed by atoms with van der Waals surface area (Å²) in [5.41, 5.74) is 6.75. The molecule has 172 valence electrons. The summed E-state index contributed by atoms with van der Waals surface area (Å²) in [4.78, 5) is 2.37. The van der Waals surface area contributed by atoms with Gasteiger partial charge in [-0.25, -0.2) is 0 Å². The fourth-order valence-electron chi connectivity index (χ4n) is 5.16. The molecule has 1 aliphatic carbocycles. The molecule has 0 amide bonds. The molecule has 33 heavy (non-hydrogen) atoms. The highest BCUT2D eigenvalue weighted by Gasteiger charge is 2.43. The molecule has 0 N–H and O–H groups in total. The first kappa shape index (κ1) is 23.1. The molecule has 0 saturated carbocycles. The highest BCUT2D eigenvalue weighted by Crippen LogP contribution is 2.53. The molecule has 1 aliphatic rings. The van der Waals surface area contributed by atoms with E-state index in [0.29, 0.717) is 5.92 Å². The molecule has 4 rings (SSSR count). The van der Waals surface area contributed by atoms with Crippen molar-refractivity contribution >= 4 is 0 Å². The maximum atomic E-state index is 5.45. The largest absolute Gasteiger partial charge is 0.493 e. The van der Waals surface area contributed by atoms with Crippen molar-refractivity contribution in [3.8, 4) is 22.6 Å². The molecular formula is C30H35NO2. The van der Waals surface area contributed by atoms with Gasteiger partial charge in [0, 0.05) is 18.5 Å². The van der Waals surface area contributed by atoms with E-state index in [9.17, 15) is 0 Å². The Kier molecular flexibility index (Phi) is 6.90. The van der Waals surface area contributed by atoms with Crippen LogP contribution in [-0.4, -0.2) is 39.3 Å². The minimum Gasteiger partial charge on any atom is -0.493 e. The van der Waals surface area contributed by atoms with Crippen molar-refractivity contribution in [2.45, 2.75) is 25.7 Å². The standard InChI is InChI=1S/C30H35NO2/c1-22(2)30(26-13-8-6-11-24(26)25-12-7-9-14-27(25)30)18-10-19-31(3)20-17-23-15-16-28(32-4)29(21-23)33-5/h6-16,18,21-22H,17,19-20H2,1-5H3/b18-10+. The second kappa shape index (κ2) is 9.84. The monoisotopic (exact) mass is 441 g/mol. The van der Waals surface area contributed by atoms with Gasteiger partial charge in [0.1, 0.15) is 0 Å². The Labute approximate surface area is 198 Å². The number of hydrogen-bond donors (Lipinski definition) is 0. The Morgan fingerprint density at radius 1 is 0.848 bits per heavy atom. The van der Waals surface area contributed by atoms with Gasteiger partial charge in [0.15, 0.2) is 11.5 Å².